The molecule has 0 amide bonds. The normalized spacial score (nSPS) is 9.17. The summed E-state index contributed by atoms with van der Waals surface area (Å²) in [6, 6.07) is 0.315. The van der Waals surface area contributed by atoms with Crippen molar-refractivity contribution in [2.75, 3.05) is 12.7 Å². The van der Waals surface area contributed by atoms with Crippen molar-refractivity contribution in [1.29, 1.82) is 0 Å². The summed E-state index contributed by atoms with van der Waals surface area (Å²) >= 11 is 0. The standard InChI is InChI=1S/C2H5BOP.CH4/c1-5(4)2-3;/h2H2,1H3;1H4/q+1;. The molecule has 0 aliphatic carbocycles. The Labute approximate surface area is 41.3 Å². The Bertz CT molecular complexity index is 46.1. The molecule has 0 N–H and O–H groups in total. The lowest BCUT2D eigenvalue weighted by Gasteiger charge is -1.55. The molecule has 0 aromatic heterocycles. The van der Waals surface area contributed by atoms with Crippen molar-refractivity contribution in [3.63, 3.8) is 0 Å². The van der Waals surface area contributed by atoms with Crippen molar-refractivity contribution in [3.8, 4) is 0 Å². The van der Waals surface area contributed by atoms with Gasteiger partial charge in [0, 0.05) is 0 Å². The van der Waals surface area contributed by atoms with Crippen molar-refractivity contribution in [3.05, 3.63) is 0 Å². The summed E-state index contributed by atoms with van der Waals surface area (Å²) in [5.41, 5.74) is 0. The van der Waals surface area contributed by atoms with Gasteiger partial charge in [-0.2, -0.15) is 0 Å². The van der Waals surface area contributed by atoms with Gasteiger partial charge in [0.25, 0.3) is 0 Å². The Morgan fingerprint density at radius 3 is 2.00 bits per heavy atom. The topological polar surface area (TPSA) is 17.1 Å². The highest BCUT2D eigenvalue weighted by Crippen LogP contribution is 2.07. The van der Waals surface area contributed by atoms with Crippen molar-refractivity contribution in [1.82, 2.24) is 0 Å². The summed E-state index contributed by atoms with van der Waals surface area (Å²) < 4.78 is 9.84. The molecule has 0 spiro atoms. The van der Waals surface area contributed by atoms with Gasteiger partial charge in [0.05, 0.1) is 0 Å². The first-order valence-electron chi connectivity index (χ1n) is 1.35. The highest BCUT2D eigenvalue weighted by molar-refractivity contribution is 7.45. The van der Waals surface area contributed by atoms with Gasteiger partial charge in [-0.1, -0.05) is 12.0 Å². The van der Waals surface area contributed by atoms with Crippen LogP contribution in [-0.4, -0.2) is 20.6 Å². The zero-order chi connectivity index (χ0) is 4.28. The quantitative estimate of drug-likeness (QED) is 0.360. The molecular formula is C3H9BOP+. The molecule has 0 fully saturated rings. The zero-order valence-corrected chi connectivity index (χ0v) is 4.03. The third-order valence-corrected chi connectivity index (χ3v) is 0.771. The van der Waals surface area contributed by atoms with Crippen molar-refractivity contribution in [2.24, 2.45) is 0 Å². The highest BCUT2D eigenvalue weighted by atomic mass is 31.1. The fourth-order valence-corrected chi connectivity index (χ4v) is 0. The fraction of sp³-hybridized carbons (Fsp3) is 1.00. The maximum absolute atomic E-state index is 9.84. The van der Waals surface area contributed by atoms with E-state index < -0.39 is 7.80 Å². The molecular weight excluding hydrogens is 93.8 g/mol. The van der Waals surface area contributed by atoms with Gasteiger partial charge in [-0.25, -0.2) is 0 Å². The Hall–Kier alpha value is 0.165. The Morgan fingerprint density at radius 1 is 1.83 bits per heavy atom. The van der Waals surface area contributed by atoms with Crippen molar-refractivity contribution >= 4 is 15.6 Å². The monoisotopic (exact) mass is 103 g/mol. The van der Waals surface area contributed by atoms with Crippen LogP contribution in [0.25, 0.3) is 0 Å². The Balaban J connectivity index is 0. The first-order chi connectivity index (χ1) is 2.27. The third-order valence-electron chi connectivity index (χ3n) is 0.257. The maximum atomic E-state index is 9.84. The van der Waals surface area contributed by atoms with Gasteiger partial charge in [-0.3, -0.25) is 0 Å². The average molecular weight is 103 g/mol. The van der Waals surface area contributed by atoms with Crippen LogP contribution in [0.4, 0.5) is 0 Å². The minimum absolute atomic E-state index is 0. The van der Waals surface area contributed by atoms with Gasteiger partial charge in [-0.05, 0) is 0 Å². The van der Waals surface area contributed by atoms with Gasteiger partial charge in [-0.15, -0.1) is 0 Å². The molecule has 0 saturated carbocycles. The molecule has 3 heteroatoms. The van der Waals surface area contributed by atoms with E-state index in [0.29, 0.717) is 6.06 Å². The van der Waals surface area contributed by atoms with Crippen LogP contribution in [-0.2, 0) is 4.57 Å². The van der Waals surface area contributed by atoms with E-state index in [1.807, 2.05) is 0 Å². The van der Waals surface area contributed by atoms with Gasteiger partial charge in [0.1, 0.15) is 20.6 Å². The fourth-order valence-electron chi connectivity index (χ4n) is 0. The molecule has 0 rings (SSSR count). The van der Waals surface area contributed by atoms with E-state index in [1.54, 1.807) is 6.66 Å². The van der Waals surface area contributed by atoms with Crippen LogP contribution in [0.1, 0.15) is 7.43 Å². The molecule has 0 aliphatic rings. The van der Waals surface area contributed by atoms with E-state index in [4.69, 9.17) is 7.85 Å². The van der Waals surface area contributed by atoms with Crippen LogP contribution in [0.3, 0.4) is 0 Å². The number of rotatable bonds is 1. The minimum Gasteiger partial charge on any atom is -0.0776 e. The van der Waals surface area contributed by atoms with Crippen molar-refractivity contribution < 1.29 is 4.57 Å². The number of hydrogen-bond donors (Lipinski definition) is 0. The number of hydrogen-bond acceptors (Lipinski definition) is 1. The first-order valence-corrected chi connectivity index (χ1v) is 3.25. The minimum atomic E-state index is -1.07. The summed E-state index contributed by atoms with van der Waals surface area (Å²) in [5, 5.41) is 0. The molecule has 1 nitrogen and oxygen atoms in total. The van der Waals surface area contributed by atoms with Gasteiger partial charge in [0.15, 0.2) is 0 Å². The molecule has 1 atom stereocenters. The third kappa shape index (κ3) is 8.90. The Morgan fingerprint density at radius 2 is 2.00 bits per heavy atom. The summed E-state index contributed by atoms with van der Waals surface area (Å²) in [7, 11) is 3.82. The van der Waals surface area contributed by atoms with E-state index in [2.05, 4.69) is 0 Å². The second-order valence-electron chi connectivity index (χ2n) is 0.810. The molecule has 34 valence electrons. The van der Waals surface area contributed by atoms with Crippen LogP contribution >= 0.6 is 7.80 Å². The lowest BCUT2D eigenvalue weighted by atomic mass is 10.2. The van der Waals surface area contributed by atoms with Gasteiger partial charge >= 0.3 is 7.80 Å². The summed E-state index contributed by atoms with van der Waals surface area (Å²) in [5.74, 6) is 0. The van der Waals surface area contributed by atoms with Crippen LogP contribution in [0.5, 0.6) is 0 Å². The maximum Gasteiger partial charge on any atom is 0.325 e. The SMILES string of the molecule is C.[B]C[P+](C)=O. The van der Waals surface area contributed by atoms with E-state index in [0.717, 1.165) is 0 Å². The van der Waals surface area contributed by atoms with E-state index >= 15 is 0 Å². The zero-order valence-electron chi connectivity index (χ0n) is 3.14. The highest BCUT2D eigenvalue weighted by Gasteiger charge is 1.93. The second-order valence-corrected chi connectivity index (χ2v) is 2.43. The molecule has 2 radical (unpaired) electrons. The largest absolute Gasteiger partial charge is 0.325 e. The molecule has 0 bridgehead atoms. The lowest BCUT2D eigenvalue weighted by Crippen LogP contribution is -1.65. The summed E-state index contributed by atoms with van der Waals surface area (Å²) in [6.45, 7) is 1.61. The van der Waals surface area contributed by atoms with E-state index in [9.17, 15) is 4.57 Å². The smallest absolute Gasteiger partial charge is 0.0776 e. The average Bonchev–Trinajstić information content (AvgIpc) is 1.38. The van der Waals surface area contributed by atoms with E-state index in [-0.39, 0.29) is 7.43 Å². The lowest BCUT2D eigenvalue weighted by molar-refractivity contribution is 0.593. The van der Waals surface area contributed by atoms with Crippen LogP contribution in [0, 0.1) is 0 Å². The first kappa shape index (κ1) is 9.48. The summed E-state index contributed by atoms with van der Waals surface area (Å²) in [4.78, 5) is 0. The molecule has 0 saturated heterocycles. The summed E-state index contributed by atoms with van der Waals surface area (Å²) in [6.07, 6.45) is 0. The molecule has 0 aliphatic heterocycles. The van der Waals surface area contributed by atoms with E-state index in [1.165, 1.54) is 0 Å². The van der Waals surface area contributed by atoms with Gasteiger partial charge < -0.3 is 0 Å². The molecule has 0 heterocycles. The van der Waals surface area contributed by atoms with Crippen LogP contribution in [0.15, 0.2) is 0 Å². The van der Waals surface area contributed by atoms with Crippen LogP contribution in [0.2, 0.25) is 0 Å². The Kier molecular flexibility index (Phi) is 8.16. The molecule has 0 aromatic carbocycles. The predicted molar refractivity (Wildman–Crippen MR) is 30.9 cm³/mol. The molecule has 1 unspecified atom stereocenters. The van der Waals surface area contributed by atoms with Crippen LogP contribution < -0.4 is 0 Å². The second kappa shape index (κ2) is 5.16. The molecule has 0 aromatic rings. The van der Waals surface area contributed by atoms with Gasteiger partial charge in [0.2, 0.25) is 0 Å². The molecule has 6 heavy (non-hydrogen) atoms. The van der Waals surface area contributed by atoms with Crippen molar-refractivity contribution in [2.45, 2.75) is 7.43 Å². The predicted octanol–water partition coefficient (Wildman–Crippen LogP) is 1.21.